The lowest BCUT2D eigenvalue weighted by Gasteiger charge is -2.47. The van der Waals surface area contributed by atoms with E-state index in [2.05, 4.69) is 37.9 Å². The van der Waals surface area contributed by atoms with Gasteiger partial charge in [-0.1, -0.05) is 27.7 Å². The van der Waals surface area contributed by atoms with E-state index in [9.17, 15) is 0 Å². The first kappa shape index (κ1) is 12.0. The van der Waals surface area contributed by atoms with Gasteiger partial charge in [0, 0.05) is 24.7 Å². The average Bonchev–Trinajstić information content (AvgIpc) is 2.28. The zero-order valence-corrected chi connectivity index (χ0v) is 10.3. The molecule has 0 saturated carbocycles. The molecule has 0 amide bonds. The van der Waals surface area contributed by atoms with Crippen LogP contribution in [0.1, 0.15) is 47.0 Å². The van der Waals surface area contributed by atoms with Gasteiger partial charge in [-0.25, -0.2) is 0 Å². The molecule has 1 aliphatic rings. The molecule has 1 heterocycles. The highest BCUT2D eigenvalue weighted by atomic mass is 15.2. The maximum atomic E-state index is 3.76. The van der Waals surface area contributed by atoms with Crippen molar-refractivity contribution in [3.63, 3.8) is 0 Å². The van der Waals surface area contributed by atoms with Gasteiger partial charge in [-0.3, -0.25) is 4.90 Å². The summed E-state index contributed by atoms with van der Waals surface area (Å²) in [6, 6.07) is 0.756. The van der Waals surface area contributed by atoms with Crippen molar-refractivity contribution in [2.45, 2.75) is 58.5 Å². The summed E-state index contributed by atoms with van der Waals surface area (Å²) in [5.41, 5.74) is 0.391. The van der Waals surface area contributed by atoms with Crippen LogP contribution in [-0.2, 0) is 0 Å². The third-order valence-corrected chi connectivity index (χ3v) is 3.97. The predicted octanol–water partition coefficient (Wildman–Crippen LogP) is 2.25. The Morgan fingerprint density at radius 3 is 2.29 bits per heavy atom. The van der Waals surface area contributed by atoms with E-state index in [-0.39, 0.29) is 0 Å². The quantitative estimate of drug-likeness (QED) is 0.745. The Balaban J connectivity index is 2.63. The number of rotatable bonds is 4. The standard InChI is InChI=1S/C12H26N2/c1-5-11-9-13-12(6-2,7-3)10-14(11)8-4/h11,13H,5-10H2,1-4H3. The lowest BCUT2D eigenvalue weighted by atomic mass is 9.88. The molecular weight excluding hydrogens is 172 g/mol. The lowest BCUT2D eigenvalue weighted by Crippen LogP contribution is -2.63. The van der Waals surface area contributed by atoms with Crippen molar-refractivity contribution in [3.05, 3.63) is 0 Å². The second-order valence-electron chi connectivity index (χ2n) is 4.49. The van der Waals surface area contributed by atoms with E-state index >= 15 is 0 Å². The fourth-order valence-corrected chi connectivity index (χ4v) is 2.53. The van der Waals surface area contributed by atoms with Gasteiger partial charge < -0.3 is 5.32 Å². The molecule has 0 spiro atoms. The van der Waals surface area contributed by atoms with Gasteiger partial charge in [0.05, 0.1) is 0 Å². The molecule has 1 unspecified atom stereocenters. The van der Waals surface area contributed by atoms with Crippen LogP contribution in [0.2, 0.25) is 0 Å². The highest BCUT2D eigenvalue weighted by molar-refractivity contribution is 4.95. The summed E-state index contributed by atoms with van der Waals surface area (Å²) in [6.45, 7) is 12.8. The van der Waals surface area contributed by atoms with Crippen LogP contribution >= 0.6 is 0 Å². The van der Waals surface area contributed by atoms with Crippen LogP contribution in [0.15, 0.2) is 0 Å². The van der Waals surface area contributed by atoms with E-state index in [1.165, 1.54) is 38.9 Å². The van der Waals surface area contributed by atoms with E-state index in [0.29, 0.717) is 5.54 Å². The van der Waals surface area contributed by atoms with Crippen molar-refractivity contribution in [3.8, 4) is 0 Å². The van der Waals surface area contributed by atoms with Gasteiger partial charge >= 0.3 is 0 Å². The molecule has 0 aromatic carbocycles. The Labute approximate surface area is 89.1 Å². The van der Waals surface area contributed by atoms with E-state index in [1.54, 1.807) is 0 Å². The maximum Gasteiger partial charge on any atom is 0.0304 e. The highest BCUT2D eigenvalue weighted by Gasteiger charge is 2.34. The summed E-state index contributed by atoms with van der Waals surface area (Å²) >= 11 is 0. The Morgan fingerprint density at radius 2 is 1.86 bits per heavy atom. The van der Waals surface area contributed by atoms with Crippen LogP contribution in [0, 0.1) is 0 Å². The third kappa shape index (κ3) is 2.29. The fraction of sp³-hybridized carbons (Fsp3) is 1.00. The molecule has 0 bridgehead atoms. The monoisotopic (exact) mass is 198 g/mol. The first-order chi connectivity index (χ1) is 6.71. The van der Waals surface area contributed by atoms with Gasteiger partial charge in [-0.2, -0.15) is 0 Å². The number of likely N-dealkylation sites (N-methyl/N-ethyl adjacent to an activating group) is 1. The van der Waals surface area contributed by atoms with Crippen molar-refractivity contribution in [1.82, 2.24) is 10.2 Å². The molecule has 2 nitrogen and oxygen atoms in total. The zero-order valence-electron chi connectivity index (χ0n) is 10.3. The van der Waals surface area contributed by atoms with Gasteiger partial charge in [0.15, 0.2) is 0 Å². The summed E-state index contributed by atoms with van der Waals surface area (Å²) in [5, 5.41) is 3.76. The zero-order chi connectivity index (χ0) is 10.6. The highest BCUT2D eigenvalue weighted by Crippen LogP contribution is 2.23. The maximum absolute atomic E-state index is 3.76. The SMILES string of the molecule is CCC1CNC(CC)(CC)CN1CC. The number of piperazine rings is 1. The van der Waals surface area contributed by atoms with Crippen LogP contribution in [0.3, 0.4) is 0 Å². The molecule has 0 aromatic heterocycles. The van der Waals surface area contributed by atoms with E-state index in [1.807, 2.05) is 0 Å². The van der Waals surface area contributed by atoms with Crippen LogP contribution in [0.5, 0.6) is 0 Å². The minimum absolute atomic E-state index is 0.391. The number of hydrogen-bond acceptors (Lipinski definition) is 2. The molecule has 2 heteroatoms. The van der Waals surface area contributed by atoms with Crippen molar-refractivity contribution in [2.75, 3.05) is 19.6 Å². The molecule has 1 atom stereocenters. The number of nitrogens with one attached hydrogen (secondary N) is 1. The molecular formula is C12H26N2. The Morgan fingerprint density at radius 1 is 1.21 bits per heavy atom. The molecule has 1 N–H and O–H groups in total. The van der Waals surface area contributed by atoms with Crippen molar-refractivity contribution < 1.29 is 0 Å². The van der Waals surface area contributed by atoms with Crippen molar-refractivity contribution in [1.29, 1.82) is 0 Å². The molecule has 14 heavy (non-hydrogen) atoms. The molecule has 84 valence electrons. The molecule has 0 radical (unpaired) electrons. The number of nitrogens with zero attached hydrogens (tertiary/aromatic N) is 1. The summed E-state index contributed by atoms with van der Waals surface area (Å²) < 4.78 is 0. The third-order valence-electron chi connectivity index (χ3n) is 3.97. The number of hydrogen-bond donors (Lipinski definition) is 1. The molecule has 1 fully saturated rings. The smallest absolute Gasteiger partial charge is 0.0304 e. The summed E-state index contributed by atoms with van der Waals surface area (Å²) in [7, 11) is 0. The molecule has 0 aliphatic carbocycles. The predicted molar refractivity (Wildman–Crippen MR) is 62.6 cm³/mol. The summed E-state index contributed by atoms with van der Waals surface area (Å²) in [6.07, 6.45) is 3.76. The van der Waals surface area contributed by atoms with Gasteiger partial charge in [0.1, 0.15) is 0 Å². The van der Waals surface area contributed by atoms with E-state index < -0.39 is 0 Å². The summed E-state index contributed by atoms with van der Waals surface area (Å²) in [4.78, 5) is 2.64. The van der Waals surface area contributed by atoms with Gasteiger partial charge in [0.2, 0.25) is 0 Å². The normalized spacial score (nSPS) is 27.9. The van der Waals surface area contributed by atoms with Crippen LogP contribution < -0.4 is 5.32 Å². The van der Waals surface area contributed by atoms with Crippen LogP contribution in [0.4, 0.5) is 0 Å². The Hall–Kier alpha value is -0.0800. The molecule has 1 aliphatic heterocycles. The van der Waals surface area contributed by atoms with Crippen molar-refractivity contribution >= 4 is 0 Å². The minimum Gasteiger partial charge on any atom is -0.308 e. The Kier molecular flexibility index (Phi) is 4.39. The topological polar surface area (TPSA) is 15.3 Å². The van der Waals surface area contributed by atoms with Crippen molar-refractivity contribution in [2.24, 2.45) is 0 Å². The van der Waals surface area contributed by atoms with Gasteiger partial charge in [-0.05, 0) is 25.8 Å². The van der Waals surface area contributed by atoms with Gasteiger partial charge in [-0.15, -0.1) is 0 Å². The molecule has 1 rings (SSSR count). The first-order valence-corrected chi connectivity index (χ1v) is 6.20. The van der Waals surface area contributed by atoms with Crippen LogP contribution in [0.25, 0.3) is 0 Å². The largest absolute Gasteiger partial charge is 0.308 e. The average molecular weight is 198 g/mol. The van der Waals surface area contributed by atoms with Crippen LogP contribution in [-0.4, -0.2) is 36.1 Å². The lowest BCUT2D eigenvalue weighted by molar-refractivity contribution is 0.0754. The summed E-state index contributed by atoms with van der Waals surface area (Å²) in [5.74, 6) is 0. The van der Waals surface area contributed by atoms with E-state index in [0.717, 1.165) is 6.04 Å². The second kappa shape index (κ2) is 5.13. The van der Waals surface area contributed by atoms with Gasteiger partial charge in [0.25, 0.3) is 0 Å². The molecule has 1 saturated heterocycles. The Bertz CT molecular complexity index is 164. The minimum atomic E-state index is 0.391. The second-order valence-corrected chi connectivity index (χ2v) is 4.49. The first-order valence-electron chi connectivity index (χ1n) is 6.20. The fourth-order valence-electron chi connectivity index (χ4n) is 2.53. The van der Waals surface area contributed by atoms with E-state index in [4.69, 9.17) is 0 Å². The molecule has 0 aromatic rings.